The lowest BCUT2D eigenvalue weighted by Gasteiger charge is -2.35. The van der Waals surface area contributed by atoms with Crippen LogP contribution in [-0.4, -0.2) is 26.8 Å². The minimum absolute atomic E-state index is 0.0770. The fourth-order valence-corrected chi connectivity index (χ4v) is 6.01. The van der Waals surface area contributed by atoms with Crippen LogP contribution in [0.4, 0.5) is 5.69 Å². The van der Waals surface area contributed by atoms with Gasteiger partial charge in [-0.05, 0) is 63.1 Å². The van der Waals surface area contributed by atoms with Gasteiger partial charge in [-0.25, -0.2) is 17.5 Å². The van der Waals surface area contributed by atoms with Crippen molar-refractivity contribution in [3.05, 3.63) is 89.1 Å². The van der Waals surface area contributed by atoms with Gasteiger partial charge in [-0.15, -0.1) is 0 Å². The number of fused-ring (bicyclic) bond motifs is 2. The summed E-state index contributed by atoms with van der Waals surface area (Å²) < 4.78 is 46.0. The Kier molecular flexibility index (Phi) is 5.36. The molecule has 0 fully saturated rings. The molecule has 0 unspecified atom stereocenters. The highest BCUT2D eigenvalue weighted by atomic mass is 32.2. The normalized spacial score (nSPS) is 16.2. The van der Waals surface area contributed by atoms with E-state index in [2.05, 4.69) is 0 Å². The molecule has 0 radical (unpaired) electrons. The van der Waals surface area contributed by atoms with Crippen LogP contribution in [0.25, 0.3) is 5.57 Å². The van der Waals surface area contributed by atoms with Crippen LogP contribution in [0.1, 0.15) is 37.5 Å². The number of benzene rings is 3. The summed E-state index contributed by atoms with van der Waals surface area (Å²) in [7, 11) is -4.14. The van der Waals surface area contributed by atoms with Gasteiger partial charge in [0.2, 0.25) is 6.79 Å². The minimum Gasteiger partial charge on any atom is -0.455 e. The van der Waals surface area contributed by atoms with E-state index in [0.29, 0.717) is 39.4 Å². The number of rotatable bonds is 3. The molecule has 0 atom stereocenters. The molecule has 5 rings (SSSR count). The Morgan fingerprint density at radius 2 is 1.63 bits per heavy atom. The third-order valence-electron chi connectivity index (χ3n) is 5.70. The lowest BCUT2D eigenvalue weighted by molar-refractivity contribution is -0.149. The summed E-state index contributed by atoms with van der Waals surface area (Å²) in [6.45, 7) is 7.13. The third kappa shape index (κ3) is 3.93. The maximum atomic E-state index is 14.0. The molecule has 2 heterocycles. The quantitative estimate of drug-likeness (QED) is 0.478. The van der Waals surface area contributed by atoms with Gasteiger partial charge in [-0.3, -0.25) is 0 Å². The monoisotopic (exact) mass is 491 g/mol. The maximum absolute atomic E-state index is 14.0. The van der Waals surface area contributed by atoms with E-state index in [9.17, 15) is 13.2 Å². The van der Waals surface area contributed by atoms with Gasteiger partial charge in [0.05, 0.1) is 10.6 Å². The Labute approximate surface area is 204 Å². The van der Waals surface area contributed by atoms with Crippen molar-refractivity contribution in [3.8, 4) is 11.5 Å². The van der Waals surface area contributed by atoms with E-state index in [1.165, 1.54) is 0 Å². The maximum Gasteiger partial charge on any atom is 0.357 e. The number of carbonyl (C=O) groups excluding carboxylic acids is 1. The first-order valence-electron chi connectivity index (χ1n) is 11.2. The van der Waals surface area contributed by atoms with Crippen LogP contribution in [0, 0.1) is 6.92 Å². The Morgan fingerprint density at radius 3 is 2.37 bits per heavy atom. The lowest BCUT2D eigenvalue weighted by Crippen LogP contribution is -2.41. The molecular formula is C27H25NO6S. The zero-order valence-electron chi connectivity index (χ0n) is 19.9. The summed E-state index contributed by atoms with van der Waals surface area (Å²) in [5.41, 5.74) is 1.61. The predicted molar refractivity (Wildman–Crippen MR) is 132 cm³/mol. The Bertz CT molecular complexity index is 1480. The molecule has 35 heavy (non-hydrogen) atoms. The number of hydrogen-bond acceptors (Lipinski definition) is 6. The van der Waals surface area contributed by atoms with Gasteiger partial charge >= 0.3 is 5.97 Å². The largest absolute Gasteiger partial charge is 0.455 e. The standard InChI is InChI=1S/C27H25NO6S/c1-17-9-5-7-11-20(17)28-25(26(29)34-27(2,3)4)24(18-13-14-21-22(15-18)33-16-32-21)19-10-6-8-12-23(19)35(28,30)31/h5-15H,16H2,1-4H3. The van der Waals surface area contributed by atoms with Crippen molar-refractivity contribution in [1.29, 1.82) is 0 Å². The summed E-state index contributed by atoms with van der Waals surface area (Å²) in [4.78, 5) is 13.9. The van der Waals surface area contributed by atoms with Gasteiger partial charge < -0.3 is 14.2 Å². The average Bonchev–Trinajstić information content (AvgIpc) is 3.26. The molecule has 0 saturated heterocycles. The number of esters is 1. The number of nitrogens with zero attached hydrogens (tertiary/aromatic N) is 1. The highest BCUT2D eigenvalue weighted by Gasteiger charge is 2.43. The summed E-state index contributed by atoms with van der Waals surface area (Å²) in [5.74, 6) is 0.360. The van der Waals surface area contributed by atoms with Gasteiger partial charge in [0.1, 0.15) is 5.60 Å². The average molecular weight is 492 g/mol. The van der Waals surface area contributed by atoms with E-state index in [4.69, 9.17) is 14.2 Å². The smallest absolute Gasteiger partial charge is 0.357 e. The van der Waals surface area contributed by atoms with Crippen molar-refractivity contribution in [1.82, 2.24) is 0 Å². The number of anilines is 1. The van der Waals surface area contributed by atoms with Crippen molar-refractivity contribution in [2.45, 2.75) is 38.2 Å². The number of sulfonamides is 1. The van der Waals surface area contributed by atoms with E-state index in [1.54, 1.807) is 88.4 Å². The molecule has 0 saturated carbocycles. The predicted octanol–water partition coefficient (Wildman–Crippen LogP) is 5.03. The zero-order chi connectivity index (χ0) is 25.0. The molecule has 8 heteroatoms. The third-order valence-corrected chi connectivity index (χ3v) is 7.47. The fraction of sp³-hybridized carbons (Fsp3) is 0.222. The van der Waals surface area contributed by atoms with Crippen molar-refractivity contribution in [2.75, 3.05) is 11.1 Å². The van der Waals surface area contributed by atoms with E-state index in [0.717, 1.165) is 4.31 Å². The Balaban J connectivity index is 1.89. The van der Waals surface area contributed by atoms with Gasteiger partial charge in [-0.2, -0.15) is 0 Å². The summed E-state index contributed by atoms with van der Waals surface area (Å²) in [6, 6.07) is 19.0. The first-order valence-corrected chi connectivity index (χ1v) is 12.6. The topological polar surface area (TPSA) is 82.1 Å². The van der Waals surface area contributed by atoms with Crippen LogP contribution in [0.5, 0.6) is 11.5 Å². The minimum atomic E-state index is -4.14. The van der Waals surface area contributed by atoms with Gasteiger partial charge in [-0.1, -0.05) is 42.5 Å². The molecule has 0 bridgehead atoms. The molecule has 7 nitrogen and oxygen atoms in total. The number of carbonyl (C=O) groups is 1. The molecule has 180 valence electrons. The first kappa shape index (κ1) is 23.0. The molecule has 2 aliphatic heterocycles. The van der Waals surface area contributed by atoms with Crippen LogP contribution >= 0.6 is 0 Å². The van der Waals surface area contributed by atoms with Gasteiger partial charge in [0.15, 0.2) is 17.2 Å². The number of ether oxygens (including phenoxy) is 3. The second-order valence-corrected chi connectivity index (χ2v) is 11.1. The molecule has 0 spiro atoms. The molecule has 0 amide bonds. The summed E-state index contributed by atoms with van der Waals surface area (Å²) in [6.07, 6.45) is 0. The van der Waals surface area contributed by atoms with E-state index < -0.39 is 21.6 Å². The van der Waals surface area contributed by atoms with Crippen LogP contribution in [0.2, 0.25) is 0 Å². The summed E-state index contributed by atoms with van der Waals surface area (Å²) in [5, 5.41) is 0. The van der Waals surface area contributed by atoms with Crippen molar-refractivity contribution in [3.63, 3.8) is 0 Å². The SMILES string of the molecule is Cc1ccccc1N1C(C(=O)OC(C)(C)C)=C(c2ccc3c(c2)OCO3)c2ccccc2S1(=O)=O. The second kappa shape index (κ2) is 8.16. The highest BCUT2D eigenvalue weighted by molar-refractivity contribution is 7.93. The zero-order valence-corrected chi connectivity index (χ0v) is 20.7. The Morgan fingerprint density at radius 1 is 0.943 bits per heavy atom. The van der Waals surface area contributed by atoms with Crippen LogP contribution in [0.3, 0.4) is 0 Å². The summed E-state index contributed by atoms with van der Waals surface area (Å²) >= 11 is 0. The molecule has 2 aliphatic rings. The van der Waals surface area contributed by atoms with Crippen molar-refractivity contribution in [2.24, 2.45) is 0 Å². The van der Waals surface area contributed by atoms with Crippen LogP contribution < -0.4 is 13.8 Å². The van der Waals surface area contributed by atoms with Gasteiger partial charge in [0.25, 0.3) is 10.0 Å². The number of hydrogen-bond donors (Lipinski definition) is 0. The highest BCUT2D eigenvalue weighted by Crippen LogP contribution is 2.46. The number of para-hydroxylation sites is 1. The van der Waals surface area contributed by atoms with E-state index >= 15 is 0 Å². The molecule has 0 N–H and O–H groups in total. The fourth-order valence-electron chi connectivity index (χ4n) is 4.24. The molecular weight excluding hydrogens is 466 g/mol. The van der Waals surface area contributed by atoms with Gasteiger partial charge in [0, 0.05) is 11.1 Å². The van der Waals surface area contributed by atoms with E-state index in [1.807, 2.05) is 6.07 Å². The van der Waals surface area contributed by atoms with E-state index in [-0.39, 0.29) is 17.4 Å². The molecule has 0 aliphatic carbocycles. The van der Waals surface area contributed by atoms with Crippen LogP contribution in [-0.2, 0) is 19.6 Å². The first-order chi connectivity index (χ1) is 16.6. The molecule has 3 aromatic carbocycles. The van der Waals surface area contributed by atoms with Crippen molar-refractivity contribution < 1.29 is 27.4 Å². The lowest BCUT2D eigenvalue weighted by atomic mass is 9.94. The van der Waals surface area contributed by atoms with Crippen molar-refractivity contribution >= 4 is 27.3 Å². The molecule has 3 aromatic rings. The second-order valence-electron chi connectivity index (χ2n) is 9.35. The Hall–Kier alpha value is -3.78. The number of aryl methyl sites for hydroxylation is 1. The van der Waals surface area contributed by atoms with Crippen LogP contribution in [0.15, 0.2) is 77.3 Å². The molecule has 0 aromatic heterocycles.